The Balaban J connectivity index is 1.40. The van der Waals surface area contributed by atoms with Gasteiger partial charge in [0.15, 0.2) is 11.4 Å². The van der Waals surface area contributed by atoms with Crippen LogP contribution in [0.1, 0.15) is 12.8 Å². The molecule has 5 aromatic rings. The molecule has 4 N–H and O–H groups in total. The first kappa shape index (κ1) is 20.7. The fourth-order valence-electron chi connectivity index (χ4n) is 5.51. The molecule has 1 saturated carbocycles. The van der Waals surface area contributed by atoms with Gasteiger partial charge in [0.2, 0.25) is 0 Å². The number of anilines is 2. The molecular formula is C23H21ClFN9O. The van der Waals surface area contributed by atoms with Crippen LogP contribution in [0, 0.1) is 11.7 Å². The first-order valence-electron chi connectivity index (χ1n) is 11.4. The lowest BCUT2D eigenvalue weighted by Crippen LogP contribution is -2.41. The zero-order chi connectivity index (χ0) is 23.8. The zero-order valence-electron chi connectivity index (χ0n) is 18.7. The van der Waals surface area contributed by atoms with E-state index in [4.69, 9.17) is 27.1 Å². The molecule has 10 nitrogen and oxygen atoms in total. The number of hydrogen-bond acceptors (Lipinski definition) is 8. The number of nitrogens with one attached hydrogen (secondary N) is 2. The molecule has 1 aromatic carbocycles. The van der Waals surface area contributed by atoms with Crippen LogP contribution in [-0.2, 0) is 0 Å². The second-order valence-corrected chi connectivity index (χ2v) is 9.57. The SMILES string of the molecule is CNc1cc(F)cc2c1[nH]c1nc(Oc3cnc4c(Cl)cnn4c3)nc(N3C[C@H]4C[C@@H]3C[C@H]4N)c12. The molecule has 35 heavy (non-hydrogen) atoms. The summed E-state index contributed by atoms with van der Waals surface area (Å²) in [5.74, 6) is 1.18. The second-order valence-electron chi connectivity index (χ2n) is 9.16. The van der Waals surface area contributed by atoms with Crippen LogP contribution in [0.15, 0.2) is 30.7 Å². The Morgan fingerprint density at radius 3 is 2.91 bits per heavy atom. The number of nitrogens with zero attached hydrogens (tertiary/aromatic N) is 6. The number of rotatable bonds is 4. The van der Waals surface area contributed by atoms with Crippen LogP contribution in [0.4, 0.5) is 15.9 Å². The van der Waals surface area contributed by atoms with Crippen LogP contribution in [-0.4, -0.2) is 55.2 Å². The number of hydrogen-bond donors (Lipinski definition) is 3. The largest absolute Gasteiger partial charge is 0.421 e. The van der Waals surface area contributed by atoms with Gasteiger partial charge in [-0.05, 0) is 30.9 Å². The van der Waals surface area contributed by atoms with Crippen molar-refractivity contribution in [2.75, 3.05) is 23.8 Å². The van der Waals surface area contributed by atoms with E-state index in [1.54, 1.807) is 19.4 Å². The van der Waals surface area contributed by atoms with Crippen LogP contribution in [0.5, 0.6) is 11.8 Å². The smallest absolute Gasteiger partial charge is 0.326 e. The highest BCUT2D eigenvalue weighted by Gasteiger charge is 2.44. The summed E-state index contributed by atoms with van der Waals surface area (Å²) in [5.41, 5.74) is 8.79. The highest BCUT2D eigenvalue weighted by molar-refractivity contribution is 6.33. The summed E-state index contributed by atoms with van der Waals surface area (Å²) in [6.45, 7) is 0.789. The molecule has 2 aliphatic rings. The number of ether oxygens (including phenoxy) is 1. The lowest BCUT2D eigenvalue weighted by atomic mass is 10.0. The minimum atomic E-state index is -0.337. The summed E-state index contributed by atoms with van der Waals surface area (Å²) >= 11 is 6.10. The van der Waals surface area contributed by atoms with Crippen LogP contribution >= 0.6 is 11.6 Å². The molecule has 178 valence electrons. The van der Waals surface area contributed by atoms with Crippen molar-refractivity contribution in [3.63, 3.8) is 0 Å². The number of aromatic nitrogens is 6. The highest BCUT2D eigenvalue weighted by Crippen LogP contribution is 2.44. The van der Waals surface area contributed by atoms with E-state index in [1.165, 1.54) is 22.8 Å². The highest BCUT2D eigenvalue weighted by atomic mass is 35.5. The van der Waals surface area contributed by atoms with E-state index >= 15 is 0 Å². The van der Waals surface area contributed by atoms with Gasteiger partial charge >= 0.3 is 6.01 Å². The van der Waals surface area contributed by atoms with Crippen molar-refractivity contribution in [3.05, 3.63) is 41.6 Å². The maximum absolute atomic E-state index is 14.5. The molecule has 2 fully saturated rings. The topological polar surface area (TPSA) is 122 Å². The molecule has 1 aliphatic heterocycles. The molecule has 0 unspecified atom stereocenters. The molecular weight excluding hydrogens is 473 g/mol. The molecule has 5 heterocycles. The Morgan fingerprint density at radius 2 is 2.14 bits per heavy atom. The van der Waals surface area contributed by atoms with Gasteiger partial charge in [0.1, 0.15) is 22.3 Å². The summed E-state index contributed by atoms with van der Waals surface area (Å²) in [4.78, 5) is 19.4. The predicted molar refractivity (Wildman–Crippen MR) is 131 cm³/mol. The molecule has 7 rings (SSSR count). The van der Waals surface area contributed by atoms with Crippen molar-refractivity contribution in [1.82, 2.24) is 29.5 Å². The van der Waals surface area contributed by atoms with Crippen molar-refractivity contribution in [2.24, 2.45) is 11.7 Å². The van der Waals surface area contributed by atoms with E-state index in [1.807, 2.05) is 0 Å². The molecule has 0 radical (unpaired) electrons. The molecule has 1 saturated heterocycles. The minimum Gasteiger partial charge on any atom is -0.421 e. The maximum Gasteiger partial charge on any atom is 0.326 e. The van der Waals surface area contributed by atoms with Crippen molar-refractivity contribution in [2.45, 2.75) is 24.9 Å². The van der Waals surface area contributed by atoms with E-state index in [0.29, 0.717) is 44.9 Å². The van der Waals surface area contributed by atoms with Crippen molar-refractivity contribution in [3.8, 4) is 11.8 Å². The molecule has 4 aromatic heterocycles. The lowest BCUT2D eigenvalue weighted by Gasteiger charge is -2.31. The number of benzene rings is 1. The van der Waals surface area contributed by atoms with E-state index in [2.05, 4.69) is 30.3 Å². The van der Waals surface area contributed by atoms with Crippen molar-refractivity contribution >= 4 is 50.7 Å². The number of H-pyrrole nitrogens is 1. The summed E-state index contributed by atoms with van der Waals surface area (Å²) in [6.07, 6.45) is 6.64. The third-order valence-corrected chi connectivity index (χ3v) is 7.39. The summed E-state index contributed by atoms with van der Waals surface area (Å²) in [6, 6.07) is 3.58. The molecule has 12 heteroatoms. The summed E-state index contributed by atoms with van der Waals surface area (Å²) in [7, 11) is 1.76. The predicted octanol–water partition coefficient (Wildman–Crippen LogP) is 3.71. The first-order valence-corrected chi connectivity index (χ1v) is 11.8. The van der Waals surface area contributed by atoms with Crippen molar-refractivity contribution in [1.29, 1.82) is 0 Å². The van der Waals surface area contributed by atoms with E-state index in [9.17, 15) is 4.39 Å². The first-order chi connectivity index (χ1) is 17.0. The van der Waals surface area contributed by atoms with Crippen molar-refractivity contribution < 1.29 is 9.13 Å². The van der Waals surface area contributed by atoms with E-state index in [0.717, 1.165) is 30.3 Å². The Kier molecular flexibility index (Phi) is 4.37. The lowest BCUT2D eigenvalue weighted by molar-refractivity contribution is 0.435. The number of piperidine rings is 1. The average molecular weight is 494 g/mol. The van der Waals surface area contributed by atoms with E-state index in [-0.39, 0.29) is 23.9 Å². The van der Waals surface area contributed by atoms with Gasteiger partial charge in [-0.2, -0.15) is 15.1 Å². The Morgan fingerprint density at radius 1 is 1.26 bits per heavy atom. The maximum atomic E-state index is 14.5. The quantitative estimate of drug-likeness (QED) is 0.346. The van der Waals surface area contributed by atoms with Gasteiger partial charge in [-0.25, -0.2) is 13.9 Å². The molecule has 0 amide bonds. The van der Waals surface area contributed by atoms with E-state index < -0.39 is 0 Å². The van der Waals surface area contributed by atoms with Crippen LogP contribution in [0.2, 0.25) is 5.02 Å². The molecule has 1 aliphatic carbocycles. The second kappa shape index (κ2) is 7.40. The summed E-state index contributed by atoms with van der Waals surface area (Å²) in [5, 5.41) is 9.15. The Bertz CT molecular complexity index is 1630. The van der Waals surface area contributed by atoms with Gasteiger partial charge in [-0.15, -0.1) is 0 Å². The summed E-state index contributed by atoms with van der Waals surface area (Å²) < 4.78 is 22.1. The standard InChI is InChI=1S/C23H21ClFN9O/c1-27-17-4-11(25)3-14-18-20(30-19(14)17)31-23(32-22(18)33-8-10-2-12(33)5-16(10)26)35-13-6-28-21-15(24)7-29-34(21)9-13/h3-4,6-7,9-10,12,16,27H,2,5,8,26H2,1H3,(H,30,31,32)/t10-,12-,16-/m1/s1. The average Bonchev–Trinajstić information content (AvgIpc) is 3.60. The van der Waals surface area contributed by atoms with Gasteiger partial charge in [-0.1, -0.05) is 11.6 Å². The van der Waals surface area contributed by atoms with Gasteiger partial charge in [0.25, 0.3) is 0 Å². The van der Waals surface area contributed by atoms with Gasteiger partial charge in [0.05, 0.1) is 35.2 Å². The van der Waals surface area contributed by atoms with Crippen LogP contribution in [0.25, 0.3) is 27.6 Å². The van der Waals surface area contributed by atoms with Crippen LogP contribution < -0.4 is 20.7 Å². The zero-order valence-corrected chi connectivity index (χ0v) is 19.4. The fraction of sp³-hybridized carbons (Fsp3) is 0.304. The fourth-order valence-corrected chi connectivity index (χ4v) is 5.69. The number of aromatic amines is 1. The number of fused-ring (bicyclic) bond motifs is 6. The Hall–Kier alpha value is -3.70. The van der Waals surface area contributed by atoms with Gasteiger partial charge < -0.3 is 25.7 Å². The third kappa shape index (κ3) is 3.11. The number of halogens is 2. The molecule has 0 spiro atoms. The van der Waals surface area contributed by atoms with Crippen LogP contribution in [0.3, 0.4) is 0 Å². The monoisotopic (exact) mass is 493 g/mol. The molecule has 2 bridgehead atoms. The molecule has 3 atom stereocenters. The normalized spacial score (nSPS) is 21.6. The third-order valence-electron chi connectivity index (χ3n) is 7.12. The minimum absolute atomic E-state index is 0.150. The number of nitrogens with two attached hydrogens (primary N) is 1. The van der Waals surface area contributed by atoms with Gasteiger partial charge in [0, 0.05) is 31.1 Å². The van der Waals surface area contributed by atoms with Gasteiger partial charge in [-0.3, -0.25) is 0 Å². The Labute approximate surface area is 203 Å².